The number of alkyl halides is 1. The third-order valence-electron chi connectivity index (χ3n) is 2.12. The van der Waals surface area contributed by atoms with Crippen LogP contribution in [-0.2, 0) is 29.1 Å². The van der Waals surface area contributed by atoms with Crippen molar-refractivity contribution in [2.24, 2.45) is 0 Å². The fraction of sp³-hybridized carbons (Fsp3) is 0.818. The molecule has 118 valence electrons. The topological polar surface area (TPSA) is 98.8 Å². The molecule has 0 aliphatic heterocycles. The van der Waals surface area contributed by atoms with Crippen LogP contribution in [0.25, 0.3) is 0 Å². The van der Waals surface area contributed by atoms with Gasteiger partial charge in [-0.1, -0.05) is 0 Å². The summed E-state index contributed by atoms with van der Waals surface area (Å²) in [7, 11) is -3.71. The zero-order valence-electron chi connectivity index (χ0n) is 11.6. The molecule has 0 aliphatic carbocycles. The van der Waals surface area contributed by atoms with E-state index < -0.39 is 34.4 Å². The first-order chi connectivity index (χ1) is 9.36. The summed E-state index contributed by atoms with van der Waals surface area (Å²) < 4.78 is 35.0. The Kier molecular flexibility index (Phi) is 9.52. The number of sulfonamides is 1. The second kappa shape index (κ2) is 9.95. The first-order valence-corrected chi connectivity index (χ1v) is 8.43. The second-order valence-electron chi connectivity index (χ2n) is 3.79. The average molecular weight is 330 g/mol. The van der Waals surface area contributed by atoms with E-state index in [0.29, 0.717) is 0 Å². The number of halogens is 1. The largest absolute Gasteiger partial charge is 0.466 e. The van der Waals surface area contributed by atoms with Crippen LogP contribution in [0.15, 0.2) is 0 Å². The van der Waals surface area contributed by atoms with Gasteiger partial charge in [0.1, 0.15) is 6.04 Å². The van der Waals surface area contributed by atoms with Gasteiger partial charge in [-0.2, -0.15) is 0 Å². The highest BCUT2D eigenvalue weighted by Crippen LogP contribution is 2.03. The van der Waals surface area contributed by atoms with Crippen molar-refractivity contribution in [3.05, 3.63) is 0 Å². The van der Waals surface area contributed by atoms with Crippen LogP contribution >= 0.6 is 11.6 Å². The summed E-state index contributed by atoms with van der Waals surface area (Å²) in [5, 5.41) is 0. The molecule has 0 rings (SSSR count). The quantitative estimate of drug-likeness (QED) is 0.460. The number of rotatable bonds is 10. The summed E-state index contributed by atoms with van der Waals surface area (Å²) >= 11 is 5.42. The number of nitrogens with one attached hydrogen (secondary N) is 1. The summed E-state index contributed by atoms with van der Waals surface area (Å²) in [6.45, 7) is 3.43. The summed E-state index contributed by atoms with van der Waals surface area (Å²) in [4.78, 5) is 23.0. The number of ether oxygens (including phenoxy) is 2. The van der Waals surface area contributed by atoms with Crippen molar-refractivity contribution in [3.63, 3.8) is 0 Å². The predicted molar refractivity (Wildman–Crippen MR) is 73.9 cm³/mol. The van der Waals surface area contributed by atoms with Gasteiger partial charge < -0.3 is 9.47 Å². The van der Waals surface area contributed by atoms with E-state index in [-0.39, 0.29) is 31.3 Å². The minimum atomic E-state index is -3.71. The zero-order chi connectivity index (χ0) is 15.6. The highest BCUT2D eigenvalue weighted by atomic mass is 35.5. The zero-order valence-corrected chi connectivity index (χ0v) is 13.1. The van der Waals surface area contributed by atoms with Gasteiger partial charge in [0.25, 0.3) is 0 Å². The van der Waals surface area contributed by atoms with Gasteiger partial charge in [-0.05, 0) is 20.3 Å². The summed E-state index contributed by atoms with van der Waals surface area (Å²) in [5.41, 5.74) is 0. The molecule has 0 radical (unpaired) electrons. The fourth-order valence-corrected chi connectivity index (χ4v) is 2.87. The maximum atomic E-state index is 11.7. The molecule has 0 heterocycles. The molecule has 0 spiro atoms. The Balaban J connectivity index is 4.76. The number of hydrogen-bond donors (Lipinski definition) is 1. The van der Waals surface area contributed by atoms with Crippen LogP contribution < -0.4 is 4.72 Å². The van der Waals surface area contributed by atoms with E-state index in [2.05, 4.69) is 4.72 Å². The van der Waals surface area contributed by atoms with Crippen LogP contribution in [0.1, 0.15) is 26.7 Å². The van der Waals surface area contributed by atoms with E-state index in [1.165, 1.54) is 0 Å². The van der Waals surface area contributed by atoms with Crippen molar-refractivity contribution < 1.29 is 27.5 Å². The van der Waals surface area contributed by atoms with Gasteiger partial charge in [-0.25, -0.2) is 13.1 Å². The summed E-state index contributed by atoms with van der Waals surface area (Å²) in [6.07, 6.45) is -0.168. The number of esters is 2. The van der Waals surface area contributed by atoms with Crippen molar-refractivity contribution in [3.8, 4) is 0 Å². The van der Waals surface area contributed by atoms with Gasteiger partial charge >= 0.3 is 11.9 Å². The van der Waals surface area contributed by atoms with Gasteiger partial charge in [0.15, 0.2) is 0 Å². The van der Waals surface area contributed by atoms with Crippen molar-refractivity contribution in [1.29, 1.82) is 0 Å². The normalized spacial score (nSPS) is 12.8. The summed E-state index contributed by atoms with van der Waals surface area (Å²) in [5.74, 6) is -1.53. The molecule has 7 nitrogen and oxygen atoms in total. The first kappa shape index (κ1) is 19.1. The Morgan fingerprint density at radius 2 is 1.80 bits per heavy atom. The lowest BCUT2D eigenvalue weighted by molar-refractivity contribution is -0.151. The predicted octanol–water partition coefficient (Wildman–Crippen LogP) is 0.420. The van der Waals surface area contributed by atoms with E-state index in [0.717, 1.165) is 0 Å². The lowest BCUT2D eigenvalue weighted by Crippen LogP contribution is -2.44. The molecule has 0 unspecified atom stereocenters. The third kappa shape index (κ3) is 8.34. The fourth-order valence-electron chi connectivity index (χ4n) is 1.32. The van der Waals surface area contributed by atoms with Gasteiger partial charge in [0.05, 0.1) is 25.4 Å². The van der Waals surface area contributed by atoms with Crippen LogP contribution in [-0.4, -0.2) is 51.2 Å². The number of carbonyl (C=O) groups is 2. The molecule has 20 heavy (non-hydrogen) atoms. The highest BCUT2D eigenvalue weighted by molar-refractivity contribution is 7.89. The molecule has 1 N–H and O–H groups in total. The van der Waals surface area contributed by atoms with E-state index in [1.807, 2.05) is 0 Å². The van der Waals surface area contributed by atoms with E-state index in [9.17, 15) is 18.0 Å². The standard InChI is InChI=1S/C11H20ClNO6S/c1-3-18-10(14)8-9(11(15)19-4-2)13-20(16,17)7-5-6-12/h9,13H,3-8H2,1-2H3/t9-/m0/s1. The maximum absolute atomic E-state index is 11.7. The smallest absolute Gasteiger partial charge is 0.324 e. The number of carbonyl (C=O) groups excluding carboxylic acids is 2. The molecule has 9 heteroatoms. The van der Waals surface area contributed by atoms with Gasteiger partial charge in [0.2, 0.25) is 10.0 Å². The molecule has 0 saturated heterocycles. The second-order valence-corrected chi connectivity index (χ2v) is 6.04. The van der Waals surface area contributed by atoms with Crippen LogP contribution in [0, 0.1) is 0 Å². The Morgan fingerprint density at radius 1 is 1.20 bits per heavy atom. The lowest BCUT2D eigenvalue weighted by Gasteiger charge is -2.16. The lowest BCUT2D eigenvalue weighted by atomic mass is 10.2. The Hall–Kier alpha value is -0.860. The third-order valence-corrected chi connectivity index (χ3v) is 3.85. The van der Waals surface area contributed by atoms with Crippen LogP contribution in [0.5, 0.6) is 0 Å². The molecular weight excluding hydrogens is 310 g/mol. The molecule has 0 aromatic carbocycles. The van der Waals surface area contributed by atoms with Crippen molar-refractivity contribution in [1.82, 2.24) is 4.72 Å². The van der Waals surface area contributed by atoms with Crippen LogP contribution in [0.4, 0.5) is 0 Å². The van der Waals surface area contributed by atoms with E-state index in [1.54, 1.807) is 13.8 Å². The van der Waals surface area contributed by atoms with Gasteiger partial charge in [-0.3, -0.25) is 9.59 Å². The van der Waals surface area contributed by atoms with Gasteiger partial charge in [0, 0.05) is 5.88 Å². The Bertz CT molecular complexity index is 411. The molecule has 0 fully saturated rings. The van der Waals surface area contributed by atoms with E-state index in [4.69, 9.17) is 21.1 Å². The molecule has 0 aromatic heterocycles. The molecule has 0 aliphatic rings. The molecule has 0 bridgehead atoms. The Morgan fingerprint density at radius 3 is 2.30 bits per heavy atom. The first-order valence-electron chi connectivity index (χ1n) is 6.24. The SMILES string of the molecule is CCOC(=O)C[C@H](NS(=O)(=O)CCCCl)C(=O)OCC. The summed E-state index contributed by atoms with van der Waals surface area (Å²) in [6, 6.07) is -1.28. The Labute approximate surface area is 124 Å². The maximum Gasteiger partial charge on any atom is 0.324 e. The average Bonchev–Trinajstić information content (AvgIpc) is 2.36. The van der Waals surface area contributed by atoms with Gasteiger partial charge in [-0.15, -0.1) is 11.6 Å². The van der Waals surface area contributed by atoms with Crippen LogP contribution in [0.3, 0.4) is 0 Å². The van der Waals surface area contributed by atoms with Crippen molar-refractivity contribution in [2.45, 2.75) is 32.7 Å². The molecule has 1 atom stereocenters. The minimum Gasteiger partial charge on any atom is -0.466 e. The minimum absolute atomic E-state index is 0.0849. The van der Waals surface area contributed by atoms with Crippen molar-refractivity contribution in [2.75, 3.05) is 24.8 Å². The van der Waals surface area contributed by atoms with Crippen LogP contribution in [0.2, 0.25) is 0 Å². The molecular formula is C11H20ClNO6S. The number of hydrogen-bond acceptors (Lipinski definition) is 6. The van der Waals surface area contributed by atoms with E-state index >= 15 is 0 Å². The molecule has 0 aromatic rings. The molecule has 0 amide bonds. The monoisotopic (exact) mass is 329 g/mol. The van der Waals surface area contributed by atoms with Crippen molar-refractivity contribution >= 4 is 33.6 Å². The molecule has 0 saturated carbocycles. The highest BCUT2D eigenvalue weighted by Gasteiger charge is 2.28.